The second-order valence-electron chi connectivity index (χ2n) is 7.07. The van der Waals surface area contributed by atoms with Crippen molar-refractivity contribution in [1.29, 1.82) is 0 Å². The molecule has 0 atom stereocenters. The lowest BCUT2D eigenvalue weighted by atomic mass is 10.1. The van der Waals surface area contributed by atoms with Crippen LogP contribution >= 0.6 is 0 Å². The average Bonchev–Trinajstić information content (AvgIpc) is 3.39. The van der Waals surface area contributed by atoms with Gasteiger partial charge in [0.1, 0.15) is 5.69 Å². The van der Waals surface area contributed by atoms with Gasteiger partial charge in [0.15, 0.2) is 12.4 Å². The lowest BCUT2D eigenvalue weighted by molar-refractivity contribution is -0.136. The highest BCUT2D eigenvalue weighted by molar-refractivity contribution is 5.99. The average molecular weight is 431 g/mol. The van der Waals surface area contributed by atoms with Crippen LogP contribution in [0.15, 0.2) is 22.8 Å². The van der Waals surface area contributed by atoms with Gasteiger partial charge in [-0.2, -0.15) is 0 Å². The van der Waals surface area contributed by atoms with E-state index in [1.807, 2.05) is 0 Å². The molecule has 1 saturated heterocycles. The first-order valence-corrected chi connectivity index (χ1v) is 9.97. The van der Waals surface area contributed by atoms with Crippen LogP contribution in [0.25, 0.3) is 0 Å². The number of esters is 2. The molecule has 0 aliphatic carbocycles. The largest absolute Gasteiger partial charge is 0.462 e. The summed E-state index contributed by atoms with van der Waals surface area (Å²) in [6, 6.07) is 3.24. The smallest absolute Gasteiger partial charge is 0.355 e. The third-order valence-corrected chi connectivity index (χ3v) is 5.10. The van der Waals surface area contributed by atoms with Crippen molar-refractivity contribution in [3.63, 3.8) is 0 Å². The second kappa shape index (κ2) is 9.50. The highest BCUT2D eigenvalue weighted by atomic mass is 16.5. The van der Waals surface area contributed by atoms with Gasteiger partial charge >= 0.3 is 11.9 Å². The van der Waals surface area contributed by atoms with Crippen LogP contribution in [0.5, 0.6) is 0 Å². The fraction of sp³-hybridized carbons (Fsp3) is 0.429. The molecular weight excluding hydrogens is 406 g/mol. The summed E-state index contributed by atoms with van der Waals surface area (Å²) < 4.78 is 15.3. The maximum atomic E-state index is 12.4. The van der Waals surface area contributed by atoms with Crippen LogP contribution in [-0.2, 0) is 14.3 Å². The Balaban J connectivity index is 1.52. The predicted octanol–water partition coefficient (Wildman–Crippen LogP) is 1.54. The van der Waals surface area contributed by atoms with Crippen LogP contribution in [0.2, 0.25) is 0 Å². The lowest BCUT2D eigenvalue weighted by Gasteiger charge is -2.34. The summed E-state index contributed by atoms with van der Waals surface area (Å²) in [4.78, 5) is 55.2. The molecule has 1 aliphatic heterocycles. The molecule has 2 aromatic rings. The molecule has 2 amide bonds. The lowest BCUT2D eigenvalue weighted by Crippen LogP contribution is -2.51. The number of aromatic amines is 1. The number of amides is 2. The van der Waals surface area contributed by atoms with Crippen LogP contribution in [0, 0.1) is 13.8 Å². The number of rotatable bonds is 6. The molecule has 0 bridgehead atoms. The number of hydrogen-bond acceptors (Lipinski definition) is 7. The monoisotopic (exact) mass is 431 g/mol. The molecule has 166 valence electrons. The Kier molecular flexibility index (Phi) is 6.78. The van der Waals surface area contributed by atoms with E-state index in [1.54, 1.807) is 37.8 Å². The zero-order valence-corrected chi connectivity index (χ0v) is 17.7. The van der Waals surface area contributed by atoms with Crippen LogP contribution in [0.4, 0.5) is 0 Å². The summed E-state index contributed by atoms with van der Waals surface area (Å²) in [6.07, 6.45) is 1.43. The molecule has 31 heavy (non-hydrogen) atoms. The quantitative estimate of drug-likeness (QED) is 0.689. The van der Waals surface area contributed by atoms with E-state index in [1.165, 1.54) is 11.2 Å². The van der Waals surface area contributed by atoms with E-state index in [9.17, 15) is 19.2 Å². The van der Waals surface area contributed by atoms with Gasteiger partial charge in [-0.05, 0) is 38.5 Å². The molecule has 0 radical (unpaired) electrons. The minimum atomic E-state index is -0.726. The summed E-state index contributed by atoms with van der Waals surface area (Å²) in [7, 11) is 0. The number of ether oxygens (including phenoxy) is 2. The van der Waals surface area contributed by atoms with Gasteiger partial charge in [0, 0.05) is 31.9 Å². The third-order valence-electron chi connectivity index (χ3n) is 5.10. The maximum Gasteiger partial charge on any atom is 0.355 e. The van der Waals surface area contributed by atoms with Gasteiger partial charge in [-0.1, -0.05) is 0 Å². The molecule has 1 aliphatic rings. The number of furan rings is 1. The molecule has 0 unspecified atom stereocenters. The highest BCUT2D eigenvalue weighted by Crippen LogP contribution is 2.20. The number of aryl methyl sites for hydroxylation is 1. The topological polar surface area (TPSA) is 122 Å². The van der Waals surface area contributed by atoms with Crippen molar-refractivity contribution in [1.82, 2.24) is 14.8 Å². The number of piperazine rings is 1. The molecule has 10 nitrogen and oxygen atoms in total. The fourth-order valence-corrected chi connectivity index (χ4v) is 3.47. The van der Waals surface area contributed by atoms with Crippen LogP contribution in [0.1, 0.15) is 49.6 Å². The van der Waals surface area contributed by atoms with E-state index in [2.05, 4.69) is 4.98 Å². The number of carbonyl (C=O) groups is 4. The molecular formula is C21H25N3O7. The zero-order chi connectivity index (χ0) is 22.5. The van der Waals surface area contributed by atoms with E-state index in [0.29, 0.717) is 37.4 Å². The van der Waals surface area contributed by atoms with E-state index < -0.39 is 18.5 Å². The van der Waals surface area contributed by atoms with Gasteiger partial charge in [0.05, 0.1) is 18.4 Å². The Morgan fingerprint density at radius 2 is 1.71 bits per heavy atom. The van der Waals surface area contributed by atoms with Crippen molar-refractivity contribution in [2.45, 2.75) is 20.8 Å². The van der Waals surface area contributed by atoms with Crippen molar-refractivity contribution < 1.29 is 33.1 Å². The SMILES string of the molecule is CCOC(=O)c1c(C)[nH]c(C(=O)OCC(=O)N2CCN(C(=O)c3ccco3)CC2)c1C. The number of nitrogens with zero attached hydrogens (tertiary/aromatic N) is 2. The molecule has 3 heterocycles. The number of hydrogen-bond donors (Lipinski definition) is 1. The summed E-state index contributed by atoms with van der Waals surface area (Å²) >= 11 is 0. The first-order valence-electron chi connectivity index (χ1n) is 9.97. The van der Waals surface area contributed by atoms with Crippen molar-refractivity contribution in [3.05, 3.63) is 46.7 Å². The van der Waals surface area contributed by atoms with Crippen LogP contribution in [-0.4, -0.2) is 77.9 Å². The third kappa shape index (κ3) is 4.79. The summed E-state index contributed by atoms with van der Waals surface area (Å²) in [5, 5.41) is 0. The van der Waals surface area contributed by atoms with E-state index in [4.69, 9.17) is 13.9 Å². The minimum absolute atomic E-state index is 0.113. The Labute approximate surface area is 179 Å². The highest BCUT2D eigenvalue weighted by Gasteiger charge is 2.28. The Bertz CT molecular complexity index is 970. The molecule has 0 aromatic carbocycles. The molecule has 3 rings (SSSR count). The first kappa shape index (κ1) is 22.1. The normalized spacial score (nSPS) is 13.8. The van der Waals surface area contributed by atoms with Gasteiger partial charge in [-0.3, -0.25) is 9.59 Å². The molecule has 1 N–H and O–H groups in total. The second-order valence-corrected chi connectivity index (χ2v) is 7.07. The van der Waals surface area contributed by atoms with Crippen LogP contribution < -0.4 is 0 Å². The van der Waals surface area contributed by atoms with E-state index >= 15 is 0 Å². The van der Waals surface area contributed by atoms with Gasteiger partial charge in [-0.15, -0.1) is 0 Å². The van der Waals surface area contributed by atoms with Crippen molar-refractivity contribution in [2.75, 3.05) is 39.4 Å². The summed E-state index contributed by atoms with van der Waals surface area (Å²) in [5.41, 5.74) is 1.31. The Morgan fingerprint density at radius 3 is 2.32 bits per heavy atom. The fourth-order valence-electron chi connectivity index (χ4n) is 3.47. The zero-order valence-electron chi connectivity index (χ0n) is 17.7. The molecule has 10 heteroatoms. The number of carbonyl (C=O) groups excluding carboxylic acids is 4. The molecule has 1 fully saturated rings. The minimum Gasteiger partial charge on any atom is -0.462 e. The summed E-state index contributed by atoms with van der Waals surface area (Å²) in [6.45, 7) is 6.13. The van der Waals surface area contributed by atoms with Gasteiger partial charge in [0.2, 0.25) is 0 Å². The number of H-pyrrole nitrogens is 1. The van der Waals surface area contributed by atoms with Gasteiger partial charge in [0.25, 0.3) is 11.8 Å². The van der Waals surface area contributed by atoms with E-state index in [-0.39, 0.29) is 35.4 Å². The van der Waals surface area contributed by atoms with Crippen molar-refractivity contribution >= 4 is 23.8 Å². The predicted molar refractivity (Wildman–Crippen MR) is 108 cm³/mol. The van der Waals surface area contributed by atoms with Gasteiger partial charge in [-0.25, -0.2) is 9.59 Å². The Morgan fingerprint density at radius 1 is 1.03 bits per heavy atom. The summed E-state index contributed by atoms with van der Waals surface area (Å²) in [5.74, 6) is -1.57. The van der Waals surface area contributed by atoms with Crippen molar-refractivity contribution in [2.24, 2.45) is 0 Å². The number of aromatic nitrogens is 1. The standard InChI is InChI=1S/C21H25N3O7/c1-4-29-20(27)17-13(2)18(22-14(17)3)21(28)31-12-16(25)23-7-9-24(10-8-23)19(26)15-6-5-11-30-15/h5-6,11,22H,4,7-10,12H2,1-3H3. The Hall–Kier alpha value is -3.56. The molecule has 0 saturated carbocycles. The van der Waals surface area contributed by atoms with E-state index in [0.717, 1.165) is 0 Å². The maximum absolute atomic E-state index is 12.4. The molecule has 0 spiro atoms. The first-order chi connectivity index (χ1) is 14.8. The van der Waals surface area contributed by atoms with Crippen molar-refractivity contribution in [3.8, 4) is 0 Å². The van der Waals surface area contributed by atoms with Gasteiger partial charge < -0.3 is 28.7 Å². The molecule has 2 aromatic heterocycles. The number of nitrogens with one attached hydrogen (secondary N) is 1. The van der Waals surface area contributed by atoms with Crippen LogP contribution in [0.3, 0.4) is 0 Å².